The van der Waals surface area contributed by atoms with E-state index in [2.05, 4.69) is 10.6 Å². The molecule has 2 amide bonds. The Labute approximate surface area is 194 Å². The molecule has 1 aromatic heterocycles. The molecule has 8 nitrogen and oxygen atoms in total. The molecule has 3 aromatic rings. The van der Waals surface area contributed by atoms with E-state index in [0.717, 1.165) is 15.6 Å². The van der Waals surface area contributed by atoms with Crippen LogP contribution in [0.15, 0.2) is 53.6 Å². The van der Waals surface area contributed by atoms with Crippen LogP contribution in [-0.4, -0.2) is 29.5 Å². The van der Waals surface area contributed by atoms with Crippen molar-refractivity contribution < 1.29 is 27.5 Å². The van der Waals surface area contributed by atoms with Crippen LogP contribution in [0.1, 0.15) is 39.6 Å². The van der Waals surface area contributed by atoms with Crippen molar-refractivity contribution in [3.63, 3.8) is 0 Å². The van der Waals surface area contributed by atoms with Crippen LogP contribution in [-0.2, 0) is 16.4 Å². The Morgan fingerprint density at radius 3 is 2.52 bits per heavy atom. The van der Waals surface area contributed by atoms with Crippen LogP contribution < -0.4 is 10.6 Å². The van der Waals surface area contributed by atoms with E-state index in [1.165, 1.54) is 30.5 Å². The summed E-state index contributed by atoms with van der Waals surface area (Å²) in [6.45, 7) is 1.81. The fraction of sp³-hybridized carbons (Fsp3) is 0.182. The minimum absolute atomic E-state index is 0.0246. The molecular weight excluding hydrogens is 473 g/mol. The van der Waals surface area contributed by atoms with E-state index >= 15 is 0 Å². The molecule has 0 radical (unpaired) electrons. The van der Waals surface area contributed by atoms with Gasteiger partial charge in [-0.3, -0.25) is 4.79 Å². The highest BCUT2D eigenvalue weighted by atomic mass is 35.5. The molecule has 0 bridgehead atoms. The van der Waals surface area contributed by atoms with Gasteiger partial charge >= 0.3 is 6.09 Å². The molecule has 33 heavy (non-hydrogen) atoms. The Balaban J connectivity index is 1.82. The Kier molecular flexibility index (Phi) is 5.89. The SMILES string of the molecule is Cc1ccc(S(=O)(=O)n2cc3c(c2C(=O)Nc2ccc(F)c(Cl)c2)CCC3NC(=O)O)cc1. The first-order valence-electron chi connectivity index (χ1n) is 9.90. The second-order valence-electron chi connectivity index (χ2n) is 7.65. The molecule has 1 aliphatic carbocycles. The highest BCUT2D eigenvalue weighted by Crippen LogP contribution is 2.37. The van der Waals surface area contributed by atoms with Gasteiger partial charge in [0.05, 0.1) is 16.0 Å². The molecule has 3 N–H and O–H groups in total. The van der Waals surface area contributed by atoms with Crippen molar-refractivity contribution in [2.45, 2.75) is 30.7 Å². The molecule has 0 fully saturated rings. The number of nitrogens with one attached hydrogen (secondary N) is 2. The standard InChI is InChI=1S/C22H19ClFN3O5S/c1-12-2-5-14(6-3-12)33(31,32)27-11-16-15(7-9-19(16)26-22(29)30)20(27)21(28)25-13-4-8-18(24)17(23)10-13/h2-6,8,10-11,19,26H,7,9H2,1H3,(H,25,28)(H,29,30). The zero-order chi connectivity index (χ0) is 23.9. The second-order valence-corrected chi connectivity index (χ2v) is 9.87. The molecule has 1 atom stereocenters. The summed E-state index contributed by atoms with van der Waals surface area (Å²) >= 11 is 5.79. The van der Waals surface area contributed by atoms with Gasteiger partial charge in [-0.25, -0.2) is 21.6 Å². The first-order valence-corrected chi connectivity index (χ1v) is 11.7. The number of aryl methyl sites for hydroxylation is 1. The Morgan fingerprint density at radius 1 is 1.18 bits per heavy atom. The smallest absolute Gasteiger partial charge is 0.405 e. The van der Waals surface area contributed by atoms with E-state index in [9.17, 15) is 22.4 Å². The van der Waals surface area contributed by atoms with E-state index in [1.54, 1.807) is 12.1 Å². The fourth-order valence-electron chi connectivity index (χ4n) is 3.86. The third kappa shape index (κ3) is 4.31. The monoisotopic (exact) mass is 491 g/mol. The van der Waals surface area contributed by atoms with Gasteiger partial charge in [-0.2, -0.15) is 0 Å². The van der Waals surface area contributed by atoms with E-state index < -0.39 is 33.9 Å². The number of nitrogens with zero attached hydrogens (tertiary/aromatic N) is 1. The number of halogens is 2. The van der Waals surface area contributed by atoms with Gasteiger partial charge in [-0.05, 0) is 61.2 Å². The lowest BCUT2D eigenvalue weighted by Gasteiger charge is -2.13. The molecule has 0 saturated heterocycles. The fourth-order valence-corrected chi connectivity index (χ4v) is 5.43. The zero-order valence-electron chi connectivity index (χ0n) is 17.3. The molecule has 0 spiro atoms. The molecule has 2 aromatic carbocycles. The lowest BCUT2D eigenvalue weighted by molar-refractivity contribution is 0.102. The molecule has 1 aliphatic rings. The quantitative estimate of drug-likeness (QED) is 0.491. The maximum absolute atomic E-state index is 13.5. The van der Waals surface area contributed by atoms with Gasteiger partial charge in [0.2, 0.25) is 0 Å². The van der Waals surface area contributed by atoms with E-state index in [-0.39, 0.29) is 21.3 Å². The predicted molar refractivity (Wildman–Crippen MR) is 120 cm³/mol. The van der Waals surface area contributed by atoms with Gasteiger partial charge < -0.3 is 15.7 Å². The number of hydrogen-bond donors (Lipinski definition) is 3. The Hall–Kier alpha value is -3.37. The zero-order valence-corrected chi connectivity index (χ0v) is 18.9. The van der Waals surface area contributed by atoms with Crippen molar-refractivity contribution in [1.29, 1.82) is 0 Å². The summed E-state index contributed by atoms with van der Waals surface area (Å²) in [6, 6.07) is 9.09. The van der Waals surface area contributed by atoms with Gasteiger partial charge in [0.25, 0.3) is 15.9 Å². The topological polar surface area (TPSA) is 118 Å². The molecule has 11 heteroatoms. The van der Waals surface area contributed by atoms with Crippen LogP contribution in [0, 0.1) is 12.7 Å². The summed E-state index contributed by atoms with van der Waals surface area (Å²) in [6.07, 6.45) is 0.702. The lowest BCUT2D eigenvalue weighted by atomic mass is 10.1. The van der Waals surface area contributed by atoms with E-state index in [0.29, 0.717) is 24.0 Å². The third-order valence-electron chi connectivity index (χ3n) is 5.44. The number of benzene rings is 2. The van der Waals surface area contributed by atoms with Crippen LogP contribution in [0.2, 0.25) is 5.02 Å². The maximum Gasteiger partial charge on any atom is 0.405 e. The molecule has 4 rings (SSSR count). The molecule has 1 unspecified atom stereocenters. The number of carbonyl (C=O) groups is 2. The van der Waals surface area contributed by atoms with Crippen LogP contribution in [0.4, 0.5) is 14.9 Å². The van der Waals surface area contributed by atoms with Gasteiger partial charge in [-0.15, -0.1) is 0 Å². The normalized spacial score (nSPS) is 15.2. The number of anilines is 1. The molecule has 0 saturated carbocycles. The van der Waals surface area contributed by atoms with Gasteiger partial charge in [0, 0.05) is 11.9 Å². The van der Waals surface area contributed by atoms with Crippen molar-refractivity contribution in [3.8, 4) is 0 Å². The van der Waals surface area contributed by atoms with Crippen LogP contribution in [0.25, 0.3) is 0 Å². The Bertz CT molecular complexity index is 1370. The first-order chi connectivity index (χ1) is 15.6. The number of carboxylic acid groups (broad SMARTS) is 1. The lowest BCUT2D eigenvalue weighted by Crippen LogP contribution is -2.25. The van der Waals surface area contributed by atoms with E-state index in [4.69, 9.17) is 16.7 Å². The van der Waals surface area contributed by atoms with Gasteiger partial charge in [0.15, 0.2) is 0 Å². The first kappa shape index (κ1) is 22.8. The third-order valence-corrected chi connectivity index (χ3v) is 7.40. The minimum Gasteiger partial charge on any atom is -0.465 e. The van der Waals surface area contributed by atoms with Crippen LogP contribution in [0.5, 0.6) is 0 Å². The average molecular weight is 492 g/mol. The second kappa shape index (κ2) is 8.53. The Morgan fingerprint density at radius 2 is 1.88 bits per heavy atom. The summed E-state index contributed by atoms with van der Waals surface area (Å²) in [5, 5.41) is 13.8. The summed E-state index contributed by atoms with van der Waals surface area (Å²) in [7, 11) is -4.17. The van der Waals surface area contributed by atoms with Crippen molar-refractivity contribution in [3.05, 3.63) is 81.9 Å². The van der Waals surface area contributed by atoms with Gasteiger partial charge in [0.1, 0.15) is 11.5 Å². The summed E-state index contributed by atoms with van der Waals surface area (Å²) < 4.78 is 41.2. The van der Waals surface area contributed by atoms with Crippen molar-refractivity contribution >= 4 is 39.3 Å². The summed E-state index contributed by atoms with van der Waals surface area (Å²) in [4.78, 5) is 24.4. The van der Waals surface area contributed by atoms with Crippen LogP contribution >= 0.6 is 11.6 Å². The average Bonchev–Trinajstić information content (AvgIpc) is 3.31. The minimum atomic E-state index is -4.17. The molecule has 0 aliphatic heterocycles. The maximum atomic E-state index is 13.5. The highest BCUT2D eigenvalue weighted by Gasteiger charge is 2.35. The highest BCUT2D eigenvalue weighted by molar-refractivity contribution is 7.90. The van der Waals surface area contributed by atoms with Crippen molar-refractivity contribution in [2.75, 3.05) is 5.32 Å². The number of hydrogen-bond acceptors (Lipinski definition) is 4. The number of amides is 2. The predicted octanol–water partition coefficient (Wildman–Crippen LogP) is 4.33. The number of fused-ring (bicyclic) bond motifs is 1. The molecule has 1 heterocycles. The van der Waals surface area contributed by atoms with E-state index in [1.807, 2.05) is 6.92 Å². The molecular formula is C22H19ClFN3O5S. The van der Waals surface area contributed by atoms with Gasteiger partial charge in [-0.1, -0.05) is 29.3 Å². The number of rotatable bonds is 5. The van der Waals surface area contributed by atoms with Crippen molar-refractivity contribution in [2.24, 2.45) is 0 Å². The largest absolute Gasteiger partial charge is 0.465 e. The number of aromatic nitrogens is 1. The summed E-state index contributed by atoms with van der Waals surface area (Å²) in [5.41, 5.74) is 1.74. The van der Waals surface area contributed by atoms with Crippen LogP contribution in [0.3, 0.4) is 0 Å². The molecule has 172 valence electrons. The number of carbonyl (C=O) groups excluding carboxylic acids is 1. The van der Waals surface area contributed by atoms with Crippen molar-refractivity contribution in [1.82, 2.24) is 9.29 Å². The summed E-state index contributed by atoms with van der Waals surface area (Å²) in [5.74, 6) is -1.41.